The monoisotopic (exact) mass is 261 g/mol. The molecule has 0 bridgehead atoms. The van der Waals surface area contributed by atoms with Gasteiger partial charge in [-0.3, -0.25) is 0 Å². The Morgan fingerprint density at radius 1 is 1.32 bits per heavy atom. The number of benzene rings is 1. The lowest BCUT2D eigenvalue weighted by atomic mass is 9.94. The van der Waals surface area contributed by atoms with Crippen molar-refractivity contribution in [1.82, 2.24) is 0 Å². The Morgan fingerprint density at radius 2 is 2.11 bits per heavy atom. The van der Waals surface area contributed by atoms with Gasteiger partial charge in [-0.1, -0.05) is 51.3 Å². The van der Waals surface area contributed by atoms with Gasteiger partial charge in [-0.15, -0.1) is 0 Å². The van der Waals surface area contributed by atoms with E-state index in [1.165, 1.54) is 31.4 Å². The molecular formula is C17H27NO. The summed E-state index contributed by atoms with van der Waals surface area (Å²) in [6.07, 6.45) is 5.78. The smallest absolute Gasteiger partial charge is 0.0826 e. The molecule has 0 amide bonds. The van der Waals surface area contributed by atoms with Gasteiger partial charge >= 0.3 is 0 Å². The van der Waals surface area contributed by atoms with Gasteiger partial charge in [-0.25, -0.2) is 0 Å². The second kappa shape index (κ2) is 6.95. The molecule has 2 nitrogen and oxygen atoms in total. The molecule has 1 heterocycles. The number of rotatable bonds is 6. The summed E-state index contributed by atoms with van der Waals surface area (Å²) in [6, 6.07) is 8.33. The number of aliphatic hydroxyl groups is 1. The van der Waals surface area contributed by atoms with Crippen molar-refractivity contribution in [2.45, 2.75) is 52.1 Å². The number of aliphatic hydroxyl groups excluding tert-OH is 1. The molecule has 1 aromatic carbocycles. The van der Waals surface area contributed by atoms with Gasteiger partial charge < -0.3 is 10.0 Å². The summed E-state index contributed by atoms with van der Waals surface area (Å²) in [5.41, 5.74) is 2.36. The minimum Gasteiger partial charge on any atom is -0.388 e. The van der Waals surface area contributed by atoms with Crippen molar-refractivity contribution in [2.75, 3.05) is 18.0 Å². The number of fused-ring (bicyclic) bond motifs is 1. The summed E-state index contributed by atoms with van der Waals surface area (Å²) in [6.45, 7) is 6.69. The molecule has 0 spiro atoms. The van der Waals surface area contributed by atoms with Crippen molar-refractivity contribution >= 4 is 5.69 Å². The van der Waals surface area contributed by atoms with Gasteiger partial charge in [-0.2, -0.15) is 0 Å². The molecule has 0 fully saturated rings. The zero-order valence-corrected chi connectivity index (χ0v) is 12.3. The number of hydrogen-bond acceptors (Lipinski definition) is 2. The van der Waals surface area contributed by atoms with Crippen molar-refractivity contribution in [3.63, 3.8) is 0 Å². The number of para-hydroxylation sites is 1. The summed E-state index contributed by atoms with van der Waals surface area (Å²) in [5, 5.41) is 10.1. The lowest BCUT2D eigenvalue weighted by Gasteiger charge is -2.36. The molecule has 1 aromatic rings. The predicted octanol–water partition coefficient (Wildman–Crippen LogP) is 4.15. The van der Waals surface area contributed by atoms with Crippen molar-refractivity contribution in [3.05, 3.63) is 29.8 Å². The highest BCUT2D eigenvalue weighted by molar-refractivity contribution is 5.56. The zero-order valence-electron chi connectivity index (χ0n) is 12.3. The van der Waals surface area contributed by atoms with E-state index in [-0.39, 0.29) is 6.10 Å². The highest BCUT2D eigenvalue weighted by atomic mass is 16.3. The Labute approximate surface area is 117 Å². The first-order valence-corrected chi connectivity index (χ1v) is 7.78. The Bertz CT molecular complexity index is 391. The standard InChI is InChI=1S/C17H27NO/c1-3-5-8-14(4-2)13-18-12-11-17(19)15-9-6-7-10-16(15)18/h6-7,9-10,14,17,19H,3-5,8,11-13H2,1-2H3. The highest BCUT2D eigenvalue weighted by Crippen LogP contribution is 2.34. The normalized spacial score (nSPS) is 20.2. The molecule has 0 aliphatic carbocycles. The molecule has 1 aliphatic heterocycles. The minimum absolute atomic E-state index is 0.275. The third-order valence-corrected chi connectivity index (χ3v) is 4.33. The molecule has 1 N–H and O–H groups in total. The van der Waals surface area contributed by atoms with Crippen LogP contribution in [0.2, 0.25) is 0 Å². The topological polar surface area (TPSA) is 23.5 Å². The van der Waals surface area contributed by atoms with E-state index in [9.17, 15) is 5.11 Å². The summed E-state index contributed by atoms with van der Waals surface area (Å²) in [7, 11) is 0. The van der Waals surface area contributed by atoms with Crippen LogP contribution in [0.15, 0.2) is 24.3 Å². The van der Waals surface area contributed by atoms with Crippen LogP contribution in [0.25, 0.3) is 0 Å². The average molecular weight is 261 g/mol. The van der Waals surface area contributed by atoms with E-state index in [1.807, 2.05) is 6.07 Å². The fourth-order valence-corrected chi connectivity index (χ4v) is 3.03. The van der Waals surface area contributed by atoms with E-state index in [2.05, 4.69) is 36.9 Å². The van der Waals surface area contributed by atoms with Gasteiger partial charge in [0.25, 0.3) is 0 Å². The van der Waals surface area contributed by atoms with Crippen LogP contribution in [0.1, 0.15) is 57.6 Å². The van der Waals surface area contributed by atoms with E-state index in [0.717, 1.165) is 31.0 Å². The van der Waals surface area contributed by atoms with Crippen molar-refractivity contribution in [1.29, 1.82) is 0 Å². The van der Waals surface area contributed by atoms with Crippen LogP contribution in [0.5, 0.6) is 0 Å². The van der Waals surface area contributed by atoms with Crippen LogP contribution in [-0.2, 0) is 0 Å². The van der Waals surface area contributed by atoms with Crippen molar-refractivity contribution in [3.8, 4) is 0 Å². The maximum atomic E-state index is 10.1. The fraction of sp³-hybridized carbons (Fsp3) is 0.647. The summed E-state index contributed by atoms with van der Waals surface area (Å²) in [4.78, 5) is 2.48. The first-order valence-electron chi connectivity index (χ1n) is 7.78. The van der Waals surface area contributed by atoms with Gasteiger partial charge in [0.05, 0.1) is 6.10 Å². The minimum atomic E-state index is -0.275. The van der Waals surface area contributed by atoms with E-state index < -0.39 is 0 Å². The van der Waals surface area contributed by atoms with Gasteiger partial charge in [0.2, 0.25) is 0 Å². The lowest BCUT2D eigenvalue weighted by Crippen LogP contribution is -2.35. The first-order chi connectivity index (χ1) is 9.26. The molecule has 2 rings (SSSR count). The molecule has 0 saturated heterocycles. The molecule has 106 valence electrons. The molecule has 2 atom stereocenters. The average Bonchev–Trinajstić information content (AvgIpc) is 2.46. The van der Waals surface area contributed by atoms with Crippen molar-refractivity contribution in [2.24, 2.45) is 5.92 Å². The van der Waals surface area contributed by atoms with Gasteiger partial charge in [-0.05, 0) is 24.8 Å². The van der Waals surface area contributed by atoms with E-state index in [4.69, 9.17) is 0 Å². The van der Waals surface area contributed by atoms with Crippen LogP contribution in [0, 0.1) is 5.92 Å². The fourth-order valence-electron chi connectivity index (χ4n) is 3.03. The maximum Gasteiger partial charge on any atom is 0.0826 e. The van der Waals surface area contributed by atoms with Crippen molar-refractivity contribution < 1.29 is 5.11 Å². The highest BCUT2D eigenvalue weighted by Gasteiger charge is 2.24. The number of anilines is 1. The molecule has 2 unspecified atom stereocenters. The Kier molecular flexibility index (Phi) is 5.26. The van der Waals surface area contributed by atoms with E-state index in [0.29, 0.717) is 0 Å². The third-order valence-electron chi connectivity index (χ3n) is 4.33. The Balaban J connectivity index is 2.07. The number of nitrogens with zero attached hydrogens (tertiary/aromatic N) is 1. The number of hydrogen-bond donors (Lipinski definition) is 1. The van der Waals surface area contributed by atoms with Crippen LogP contribution in [0.4, 0.5) is 5.69 Å². The summed E-state index contributed by atoms with van der Waals surface area (Å²) < 4.78 is 0. The summed E-state index contributed by atoms with van der Waals surface area (Å²) in [5.74, 6) is 0.781. The van der Waals surface area contributed by atoms with Gasteiger partial charge in [0.15, 0.2) is 0 Å². The molecular weight excluding hydrogens is 234 g/mol. The summed E-state index contributed by atoms with van der Waals surface area (Å²) >= 11 is 0. The predicted molar refractivity (Wildman–Crippen MR) is 81.5 cm³/mol. The molecule has 0 radical (unpaired) electrons. The van der Waals surface area contributed by atoms with E-state index in [1.54, 1.807) is 0 Å². The third kappa shape index (κ3) is 3.50. The molecule has 0 aromatic heterocycles. The second-order valence-corrected chi connectivity index (χ2v) is 5.73. The zero-order chi connectivity index (χ0) is 13.7. The molecule has 0 saturated carbocycles. The maximum absolute atomic E-state index is 10.1. The van der Waals surface area contributed by atoms with Gasteiger partial charge in [0.1, 0.15) is 0 Å². The van der Waals surface area contributed by atoms with Crippen LogP contribution < -0.4 is 4.90 Å². The van der Waals surface area contributed by atoms with E-state index >= 15 is 0 Å². The SMILES string of the molecule is CCCCC(CC)CN1CCC(O)c2ccccc21. The van der Waals surface area contributed by atoms with Crippen LogP contribution in [0.3, 0.4) is 0 Å². The van der Waals surface area contributed by atoms with Gasteiger partial charge in [0, 0.05) is 24.3 Å². The number of unbranched alkanes of at least 4 members (excludes halogenated alkanes) is 1. The van der Waals surface area contributed by atoms with Crippen LogP contribution >= 0.6 is 0 Å². The molecule has 1 aliphatic rings. The lowest BCUT2D eigenvalue weighted by molar-refractivity contribution is 0.163. The molecule has 2 heteroatoms. The second-order valence-electron chi connectivity index (χ2n) is 5.73. The first kappa shape index (κ1) is 14.4. The van der Waals surface area contributed by atoms with Crippen LogP contribution in [-0.4, -0.2) is 18.2 Å². The largest absolute Gasteiger partial charge is 0.388 e. The Morgan fingerprint density at radius 3 is 2.84 bits per heavy atom. The quantitative estimate of drug-likeness (QED) is 0.831. The molecule has 19 heavy (non-hydrogen) atoms. The Hall–Kier alpha value is -1.02.